The van der Waals surface area contributed by atoms with Gasteiger partial charge in [-0.25, -0.2) is 0 Å². The normalized spacial score (nSPS) is 12.8. The molecule has 0 radical (unpaired) electrons. The molecule has 18 heavy (non-hydrogen) atoms. The summed E-state index contributed by atoms with van der Waals surface area (Å²) in [6.45, 7) is 4.44. The molecule has 0 aliphatic carbocycles. The fourth-order valence-corrected chi connectivity index (χ4v) is 1.72. The van der Waals surface area contributed by atoms with E-state index in [2.05, 4.69) is 36.2 Å². The fourth-order valence-electron chi connectivity index (χ4n) is 1.72. The molecule has 2 aromatic carbocycles. The van der Waals surface area contributed by atoms with Gasteiger partial charge in [-0.15, -0.1) is 0 Å². The van der Waals surface area contributed by atoms with Gasteiger partial charge in [0.2, 0.25) is 0 Å². The number of benzene rings is 2. The number of rotatable bonds is 4. The van der Waals surface area contributed by atoms with Gasteiger partial charge in [-0.1, -0.05) is 44.2 Å². The van der Waals surface area contributed by atoms with E-state index in [-0.39, 0.29) is 0 Å². The van der Waals surface area contributed by atoms with E-state index in [1.807, 2.05) is 42.5 Å². The van der Waals surface area contributed by atoms with Crippen LogP contribution in [0.25, 0.3) is 0 Å². The van der Waals surface area contributed by atoms with Crippen LogP contribution in [0.15, 0.2) is 64.8 Å². The van der Waals surface area contributed by atoms with Crippen LogP contribution in [0.1, 0.15) is 31.7 Å². The highest BCUT2D eigenvalue weighted by atomic mass is 15.1. The van der Waals surface area contributed by atoms with E-state index < -0.39 is 0 Å². The molecule has 0 bridgehead atoms. The van der Waals surface area contributed by atoms with Crippen molar-refractivity contribution in [3.05, 3.63) is 60.2 Å². The fraction of sp³-hybridized carbons (Fsp3) is 0.250. The minimum absolute atomic E-state index is 0.602. The predicted octanol–water partition coefficient (Wildman–Crippen LogP) is 5.62. The molecule has 1 unspecified atom stereocenters. The lowest BCUT2D eigenvalue weighted by atomic mass is 9.99. The Morgan fingerprint density at radius 2 is 1.39 bits per heavy atom. The highest BCUT2D eigenvalue weighted by molar-refractivity contribution is 5.41. The van der Waals surface area contributed by atoms with Gasteiger partial charge in [0, 0.05) is 0 Å². The molecule has 0 amide bonds. The molecule has 2 rings (SSSR count). The molecule has 0 fully saturated rings. The molecule has 0 spiro atoms. The summed E-state index contributed by atoms with van der Waals surface area (Å²) in [4.78, 5) is 0. The average Bonchev–Trinajstić information content (AvgIpc) is 2.46. The van der Waals surface area contributed by atoms with Gasteiger partial charge in [-0.05, 0) is 42.2 Å². The van der Waals surface area contributed by atoms with Gasteiger partial charge in [0.25, 0.3) is 0 Å². The van der Waals surface area contributed by atoms with Crippen LogP contribution in [0.4, 0.5) is 11.4 Å². The van der Waals surface area contributed by atoms with Crippen LogP contribution in [-0.2, 0) is 0 Å². The molecule has 2 heteroatoms. The number of hydrogen-bond donors (Lipinski definition) is 0. The number of hydrogen-bond acceptors (Lipinski definition) is 2. The second kappa shape index (κ2) is 6.10. The molecule has 0 N–H and O–H groups in total. The van der Waals surface area contributed by atoms with Gasteiger partial charge in [0.1, 0.15) is 0 Å². The van der Waals surface area contributed by atoms with E-state index in [1.54, 1.807) is 0 Å². The summed E-state index contributed by atoms with van der Waals surface area (Å²) in [7, 11) is 0. The van der Waals surface area contributed by atoms with Crippen LogP contribution in [0, 0.1) is 0 Å². The summed E-state index contributed by atoms with van der Waals surface area (Å²) in [5.74, 6) is 0.602. The highest BCUT2D eigenvalue weighted by Gasteiger charge is 2.01. The predicted molar refractivity (Wildman–Crippen MR) is 75.8 cm³/mol. The minimum Gasteiger partial charge on any atom is -0.151 e. The van der Waals surface area contributed by atoms with Crippen molar-refractivity contribution in [2.24, 2.45) is 10.2 Å². The van der Waals surface area contributed by atoms with Crippen molar-refractivity contribution in [3.63, 3.8) is 0 Å². The minimum atomic E-state index is 0.602. The third-order valence-corrected chi connectivity index (χ3v) is 3.11. The van der Waals surface area contributed by atoms with Crippen molar-refractivity contribution >= 4 is 11.4 Å². The van der Waals surface area contributed by atoms with E-state index in [0.29, 0.717) is 5.92 Å². The molecule has 2 aromatic rings. The monoisotopic (exact) mass is 238 g/mol. The molecule has 2 nitrogen and oxygen atoms in total. The maximum atomic E-state index is 4.23. The Labute approximate surface area is 108 Å². The number of nitrogens with zero attached hydrogens (tertiary/aromatic N) is 2. The Balaban J connectivity index is 2.09. The first-order valence-corrected chi connectivity index (χ1v) is 6.36. The zero-order chi connectivity index (χ0) is 12.8. The van der Waals surface area contributed by atoms with Crippen molar-refractivity contribution in [1.29, 1.82) is 0 Å². The third-order valence-electron chi connectivity index (χ3n) is 3.11. The van der Waals surface area contributed by atoms with Gasteiger partial charge in [0.15, 0.2) is 0 Å². The van der Waals surface area contributed by atoms with E-state index in [4.69, 9.17) is 0 Å². The second-order valence-electron chi connectivity index (χ2n) is 4.44. The van der Waals surface area contributed by atoms with Crippen molar-refractivity contribution < 1.29 is 0 Å². The van der Waals surface area contributed by atoms with Gasteiger partial charge in [-0.2, -0.15) is 10.2 Å². The van der Waals surface area contributed by atoms with Crippen LogP contribution < -0.4 is 0 Å². The summed E-state index contributed by atoms with van der Waals surface area (Å²) in [5, 5.41) is 8.42. The van der Waals surface area contributed by atoms with Crippen molar-refractivity contribution in [2.45, 2.75) is 26.2 Å². The Hall–Kier alpha value is -1.96. The van der Waals surface area contributed by atoms with Gasteiger partial charge in [-0.3, -0.25) is 0 Å². The Morgan fingerprint density at radius 3 is 1.94 bits per heavy atom. The van der Waals surface area contributed by atoms with Crippen LogP contribution in [-0.4, -0.2) is 0 Å². The lowest BCUT2D eigenvalue weighted by Gasteiger charge is -2.07. The van der Waals surface area contributed by atoms with Crippen molar-refractivity contribution in [3.8, 4) is 0 Å². The maximum absolute atomic E-state index is 4.23. The topological polar surface area (TPSA) is 24.7 Å². The molecule has 0 aromatic heterocycles. The summed E-state index contributed by atoms with van der Waals surface area (Å²) in [6.07, 6.45) is 1.16. The zero-order valence-corrected chi connectivity index (χ0v) is 10.9. The summed E-state index contributed by atoms with van der Waals surface area (Å²) < 4.78 is 0. The van der Waals surface area contributed by atoms with Crippen LogP contribution >= 0.6 is 0 Å². The molecule has 0 aliphatic rings. The first kappa shape index (κ1) is 12.5. The van der Waals surface area contributed by atoms with Crippen molar-refractivity contribution in [1.82, 2.24) is 0 Å². The van der Waals surface area contributed by atoms with Gasteiger partial charge in [0.05, 0.1) is 11.4 Å². The molecule has 0 aliphatic heterocycles. The van der Waals surface area contributed by atoms with Gasteiger partial charge < -0.3 is 0 Å². The van der Waals surface area contributed by atoms with Crippen molar-refractivity contribution in [2.75, 3.05) is 0 Å². The Morgan fingerprint density at radius 1 is 0.833 bits per heavy atom. The molecular formula is C16H18N2. The van der Waals surface area contributed by atoms with E-state index >= 15 is 0 Å². The Kier molecular flexibility index (Phi) is 4.24. The van der Waals surface area contributed by atoms with Gasteiger partial charge >= 0.3 is 0 Å². The smallest absolute Gasteiger partial charge is 0.0857 e. The third kappa shape index (κ3) is 3.27. The highest BCUT2D eigenvalue weighted by Crippen LogP contribution is 2.23. The van der Waals surface area contributed by atoms with E-state index in [1.165, 1.54) is 5.56 Å². The molecule has 0 saturated carbocycles. The van der Waals surface area contributed by atoms with E-state index in [0.717, 1.165) is 17.8 Å². The summed E-state index contributed by atoms with van der Waals surface area (Å²) in [5.41, 5.74) is 3.13. The quantitative estimate of drug-likeness (QED) is 0.618. The maximum Gasteiger partial charge on any atom is 0.0857 e. The Bertz CT molecular complexity index is 500. The zero-order valence-electron chi connectivity index (χ0n) is 10.9. The summed E-state index contributed by atoms with van der Waals surface area (Å²) in [6, 6.07) is 18.1. The molecule has 0 heterocycles. The molecule has 92 valence electrons. The number of azo groups is 1. The SMILES string of the molecule is CCC(C)c1ccc(N=Nc2ccccc2)cc1. The first-order chi connectivity index (χ1) is 8.79. The molecule has 0 saturated heterocycles. The molecule has 1 atom stereocenters. The lowest BCUT2D eigenvalue weighted by molar-refractivity contribution is 0.733. The lowest BCUT2D eigenvalue weighted by Crippen LogP contribution is -1.89. The average molecular weight is 238 g/mol. The van der Waals surface area contributed by atoms with E-state index in [9.17, 15) is 0 Å². The molecular weight excluding hydrogens is 220 g/mol. The summed E-state index contributed by atoms with van der Waals surface area (Å²) >= 11 is 0. The largest absolute Gasteiger partial charge is 0.151 e. The van der Waals surface area contributed by atoms with Crippen LogP contribution in [0.3, 0.4) is 0 Å². The first-order valence-electron chi connectivity index (χ1n) is 6.36. The van der Waals surface area contributed by atoms with Crippen LogP contribution in [0.5, 0.6) is 0 Å². The van der Waals surface area contributed by atoms with Crippen LogP contribution in [0.2, 0.25) is 0 Å². The second-order valence-corrected chi connectivity index (χ2v) is 4.44. The standard InChI is InChI=1S/C16H18N2/c1-3-13(2)14-9-11-16(12-10-14)18-17-15-7-5-4-6-8-15/h4-13H,3H2,1-2H3.